The van der Waals surface area contributed by atoms with Crippen molar-refractivity contribution < 1.29 is 13.9 Å². The van der Waals surface area contributed by atoms with Crippen LogP contribution in [0.1, 0.15) is 39.8 Å². The summed E-state index contributed by atoms with van der Waals surface area (Å²) in [6.45, 7) is 5.70. The van der Waals surface area contributed by atoms with Gasteiger partial charge >= 0.3 is 5.97 Å². The maximum atomic E-state index is 13.2. The van der Waals surface area contributed by atoms with Gasteiger partial charge in [0.15, 0.2) is 6.10 Å². The number of ether oxygens (including phenoxy) is 1. The number of pyridine rings is 1. The predicted octanol–water partition coefficient (Wildman–Crippen LogP) is 5.73. The Morgan fingerprint density at radius 1 is 1.19 bits per heavy atom. The topological polar surface area (TPSA) is 83.0 Å². The van der Waals surface area contributed by atoms with Crippen LogP contribution in [0, 0.1) is 13.8 Å². The third kappa shape index (κ3) is 3.55. The molecule has 5 heterocycles. The lowest BCUT2D eigenvalue weighted by molar-refractivity contribution is 0.0286. The summed E-state index contributed by atoms with van der Waals surface area (Å²) in [6, 6.07) is 9.67. The van der Waals surface area contributed by atoms with Gasteiger partial charge in [0, 0.05) is 23.5 Å². The second-order valence-corrected chi connectivity index (χ2v) is 9.05. The van der Waals surface area contributed by atoms with Gasteiger partial charge in [0.1, 0.15) is 9.71 Å². The molecule has 0 aromatic carbocycles. The molecule has 0 saturated heterocycles. The standard InChI is InChI=1S/C22H18N4O3S2/c1-12-11-13(2)23-21-16(12)17(26-8-4-5-9-26)18(31-21)22(27)28-14(3)19-24-25-20(29-19)15-7-6-10-30-15/h4-11,14H,1-3H3. The zero-order chi connectivity index (χ0) is 21.5. The van der Waals surface area contributed by atoms with E-state index >= 15 is 0 Å². The molecule has 156 valence electrons. The number of nitrogens with zero attached hydrogens (tertiary/aromatic N) is 4. The largest absolute Gasteiger partial charge is 0.448 e. The summed E-state index contributed by atoms with van der Waals surface area (Å²) >= 11 is 2.83. The van der Waals surface area contributed by atoms with Crippen LogP contribution in [0.5, 0.6) is 0 Å². The van der Waals surface area contributed by atoms with Crippen molar-refractivity contribution in [3.8, 4) is 16.5 Å². The fraction of sp³-hybridized carbons (Fsp3) is 0.182. The molecule has 0 saturated carbocycles. The van der Waals surface area contributed by atoms with Crippen molar-refractivity contribution in [1.82, 2.24) is 19.7 Å². The van der Waals surface area contributed by atoms with Crippen LogP contribution >= 0.6 is 22.7 Å². The second kappa shape index (κ2) is 7.75. The number of esters is 1. The molecule has 7 nitrogen and oxygen atoms in total. The molecule has 0 amide bonds. The Bertz CT molecular complexity index is 1370. The summed E-state index contributed by atoms with van der Waals surface area (Å²) in [5.41, 5.74) is 2.75. The number of carbonyl (C=O) groups is 1. The molecule has 1 unspecified atom stereocenters. The molecule has 5 rings (SSSR count). The molecule has 5 aromatic rings. The van der Waals surface area contributed by atoms with Crippen LogP contribution in [0.2, 0.25) is 0 Å². The first-order valence-corrected chi connectivity index (χ1v) is 11.3. The minimum Gasteiger partial charge on any atom is -0.448 e. The van der Waals surface area contributed by atoms with Gasteiger partial charge in [-0.3, -0.25) is 0 Å². The van der Waals surface area contributed by atoms with Crippen LogP contribution < -0.4 is 0 Å². The number of carbonyl (C=O) groups excluding carboxylic acids is 1. The fourth-order valence-corrected chi connectivity index (χ4v) is 5.28. The number of rotatable bonds is 5. The second-order valence-electron chi connectivity index (χ2n) is 7.10. The van der Waals surface area contributed by atoms with Crippen LogP contribution in [-0.2, 0) is 4.74 Å². The minimum absolute atomic E-state index is 0.255. The molecule has 0 aliphatic carbocycles. The summed E-state index contributed by atoms with van der Waals surface area (Å²) in [5.74, 6) is 0.218. The van der Waals surface area contributed by atoms with E-state index in [1.165, 1.54) is 22.7 Å². The maximum Gasteiger partial charge on any atom is 0.351 e. The zero-order valence-corrected chi connectivity index (χ0v) is 18.7. The normalized spacial score (nSPS) is 12.4. The van der Waals surface area contributed by atoms with E-state index in [1.54, 1.807) is 6.92 Å². The Hall–Kier alpha value is -3.30. The predicted molar refractivity (Wildman–Crippen MR) is 120 cm³/mol. The summed E-state index contributed by atoms with van der Waals surface area (Å²) < 4.78 is 13.4. The molecular weight excluding hydrogens is 432 g/mol. The van der Waals surface area contributed by atoms with Crippen LogP contribution in [0.15, 0.2) is 52.5 Å². The van der Waals surface area contributed by atoms with Crippen molar-refractivity contribution in [2.45, 2.75) is 26.9 Å². The SMILES string of the molecule is Cc1cc(C)c2c(-n3cccc3)c(C(=O)OC(C)c3nnc(-c4cccs4)o3)sc2n1. The van der Waals surface area contributed by atoms with Crippen molar-refractivity contribution in [2.24, 2.45) is 0 Å². The van der Waals surface area contributed by atoms with Gasteiger partial charge in [-0.2, -0.15) is 0 Å². The first-order valence-electron chi connectivity index (χ1n) is 9.63. The first kappa shape index (κ1) is 19.7. The van der Waals surface area contributed by atoms with Gasteiger partial charge in [-0.1, -0.05) is 6.07 Å². The van der Waals surface area contributed by atoms with E-state index in [1.807, 2.05) is 66.5 Å². The van der Waals surface area contributed by atoms with E-state index < -0.39 is 12.1 Å². The van der Waals surface area contributed by atoms with Crippen LogP contribution in [0.4, 0.5) is 0 Å². The van der Waals surface area contributed by atoms with Crippen LogP contribution in [0.25, 0.3) is 26.7 Å². The van der Waals surface area contributed by atoms with E-state index in [-0.39, 0.29) is 5.89 Å². The number of thiophene rings is 2. The summed E-state index contributed by atoms with van der Waals surface area (Å²) in [7, 11) is 0. The lowest BCUT2D eigenvalue weighted by atomic mass is 10.1. The van der Waals surface area contributed by atoms with E-state index in [9.17, 15) is 4.79 Å². The highest BCUT2D eigenvalue weighted by molar-refractivity contribution is 7.21. The van der Waals surface area contributed by atoms with Crippen LogP contribution in [0.3, 0.4) is 0 Å². The fourth-order valence-electron chi connectivity index (χ4n) is 3.45. The Balaban J connectivity index is 1.50. The number of hydrogen-bond acceptors (Lipinski definition) is 8. The molecule has 5 aromatic heterocycles. The van der Waals surface area contributed by atoms with Crippen molar-refractivity contribution >= 4 is 38.9 Å². The van der Waals surface area contributed by atoms with E-state index in [0.717, 1.165) is 32.0 Å². The molecule has 31 heavy (non-hydrogen) atoms. The average molecular weight is 451 g/mol. The van der Waals surface area contributed by atoms with Gasteiger partial charge in [0.05, 0.1) is 10.6 Å². The number of fused-ring (bicyclic) bond motifs is 1. The molecule has 0 N–H and O–H groups in total. The molecule has 1 atom stereocenters. The maximum absolute atomic E-state index is 13.2. The smallest absolute Gasteiger partial charge is 0.351 e. The van der Waals surface area contributed by atoms with E-state index in [2.05, 4.69) is 15.2 Å². The van der Waals surface area contributed by atoms with E-state index in [0.29, 0.717) is 10.8 Å². The van der Waals surface area contributed by atoms with Crippen LogP contribution in [-0.4, -0.2) is 25.7 Å². The molecule has 0 fully saturated rings. The Morgan fingerprint density at radius 3 is 2.74 bits per heavy atom. The van der Waals surface area contributed by atoms with Gasteiger partial charge in [0.25, 0.3) is 11.8 Å². The highest BCUT2D eigenvalue weighted by atomic mass is 32.1. The molecule has 9 heteroatoms. The van der Waals surface area contributed by atoms with Gasteiger partial charge in [-0.25, -0.2) is 9.78 Å². The first-order chi connectivity index (χ1) is 15.0. The molecular formula is C22H18N4O3S2. The van der Waals surface area contributed by atoms with Crippen molar-refractivity contribution in [3.05, 3.63) is 70.1 Å². The zero-order valence-electron chi connectivity index (χ0n) is 17.0. The molecule has 0 bridgehead atoms. The number of hydrogen-bond donors (Lipinski definition) is 0. The molecule has 0 radical (unpaired) electrons. The third-order valence-electron chi connectivity index (χ3n) is 4.81. The van der Waals surface area contributed by atoms with E-state index in [4.69, 9.17) is 9.15 Å². The average Bonchev–Trinajstić information content (AvgIpc) is 3.53. The summed E-state index contributed by atoms with van der Waals surface area (Å²) in [5, 5.41) is 11.0. The Morgan fingerprint density at radius 2 is 2.00 bits per heavy atom. The lowest BCUT2D eigenvalue weighted by Gasteiger charge is -2.11. The summed E-state index contributed by atoms with van der Waals surface area (Å²) in [4.78, 5) is 20.0. The quantitative estimate of drug-likeness (QED) is 0.318. The van der Waals surface area contributed by atoms with Crippen molar-refractivity contribution in [2.75, 3.05) is 0 Å². The minimum atomic E-state index is -0.688. The number of aromatic nitrogens is 4. The molecule has 0 aliphatic rings. The van der Waals surface area contributed by atoms with Gasteiger partial charge in [-0.05, 0) is 56.0 Å². The van der Waals surface area contributed by atoms with Crippen molar-refractivity contribution in [3.63, 3.8) is 0 Å². The molecule has 0 spiro atoms. The lowest BCUT2D eigenvalue weighted by Crippen LogP contribution is -2.10. The molecule has 0 aliphatic heterocycles. The Kier molecular flexibility index (Phi) is 4.91. The Labute approximate surface area is 186 Å². The third-order valence-corrected chi connectivity index (χ3v) is 6.73. The van der Waals surface area contributed by atoms with Crippen molar-refractivity contribution in [1.29, 1.82) is 0 Å². The monoisotopic (exact) mass is 450 g/mol. The van der Waals surface area contributed by atoms with Gasteiger partial charge in [-0.15, -0.1) is 32.9 Å². The highest BCUT2D eigenvalue weighted by Crippen LogP contribution is 2.37. The number of aryl methyl sites for hydroxylation is 2. The summed E-state index contributed by atoms with van der Waals surface area (Å²) in [6.07, 6.45) is 3.13. The van der Waals surface area contributed by atoms with Gasteiger partial charge < -0.3 is 13.7 Å². The highest BCUT2D eigenvalue weighted by Gasteiger charge is 2.26. The van der Waals surface area contributed by atoms with Gasteiger partial charge in [0.2, 0.25) is 0 Å².